The number of pyridine rings is 1. The highest BCUT2D eigenvalue weighted by Crippen LogP contribution is 2.41. The highest BCUT2D eigenvalue weighted by molar-refractivity contribution is 6.20. The van der Waals surface area contributed by atoms with Crippen LogP contribution in [-0.2, 0) is 0 Å². The Morgan fingerprint density at radius 2 is 0.857 bits per heavy atom. The average molecular weight is 894 g/mol. The molecule has 0 bridgehead atoms. The van der Waals surface area contributed by atoms with Gasteiger partial charge in [-0.15, -0.1) is 0 Å². The molecule has 4 aromatic heterocycles. The highest BCUT2D eigenvalue weighted by Gasteiger charge is 2.19. The van der Waals surface area contributed by atoms with E-state index in [-0.39, 0.29) is 0 Å². The lowest BCUT2D eigenvalue weighted by molar-refractivity contribution is 0.670. The van der Waals surface area contributed by atoms with Gasteiger partial charge in [0.15, 0.2) is 17.5 Å². The fourth-order valence-electron chi connectivity index (χ4n) is 10.3. The van der Waals surface area contributed by atoms with Gasteiger partial charge >= 0.3 is 0 Å². The normalized spacial score (nSPS) is 11.7. The van der Waals surface area contributed by atoms with Crippen molar-refractivity contribution < 1.29 is 4.42 Å². The van der Waals surface area contributed by atoms with Crippen molar-refractivity contribution in [2.45, 2.75) is 0 Å². The van der Waals surface area contributed by atoms with Crippen LogP contribution in [-0.4, -0.2) is 24.5 Å². The zero-order valence-electron chi connectivity index (χ0n) is 37.7. The molecule has 10 aromatic carbocycles. The van der Waals surface area contributed by atoms with Crippen molar-refractivity contribution in [3.63, 3.8) is 0 Å². The summed E-state index contributed by atoms with van der Waals surface area (Å²) in [4.78, 5) is 20.6. The van der Waals surface area contributed by atoms with Crippen LogP contribution in [0.3, 0.4) is 0 Å². The molecule has 0 radical (unpaired) electrons. The lowest BCUT2D eigenvalue weighted by Crippen LogP contribution is -2.00. The van der Waals surface area contributed by atoms with Crippen molar-refractivity contribution in [3.05, 3.63) is 237 Å². The van der Waals surface area contributed by atoms with Crippen molar-refractivity contribution in [2.24, 2.45) is 0 Å². The Morgan fingerprint density at radius 1 is 0.300 bits per heavy atom. The summed E-state index contributed by atoms with van der Waals surface area (Å²) >= 11 is 0. The summed E-state index contributed by atoms with van der Waals surface area (Å²) in [6.45, 7) is 0. The number of hydrogen-bond acceptors (Lipinski definition) is 5. The van der Waals surface area contributed by atoms with Crippen LogP contribution >= 0.6 is 0 Å². The van der Waals surface area contributed by atoms with E-state index in [4.69, 9.17) is 24.4 Å². The first-order valence-corrected chi connectivity index (χ1v) is 23.5. The van der Waals surface area contributed by atoms with E-state index in [1.54, 1.807) is 0 Å². The van der Waals surface area contributed by atoms with Crippen LogP contribution in [0.5, 0.6) is 0 Å². The molecule has 326 valence electrons. The standard InChI is InChI=1S/C64H39N5O/c1-4-15-42(16-5-1)60-55-39-58-54(50-21-10-12-25-57(50)69(58)47-19-8-3-9-20-47)38-53(55)49-36-35-46(37-56(49)65-60)40-27-31-44(32-28-40)63-66-62(43-17-6-2-7-18-43)67-64(68-63)45-33-29-41(30-34-45)48-23-14-24-52-51-22-11-13-26-59(51)70-61(48)52/h1-39H. The maximum atomic E-state index is 6.37. The van der Waals surface area contributed by atoms with E-state index in [0.29, 0.717) is 17.5 Å². The summed E-state index contributed by atoms with van der Waals surface area (Å²) in [5, 5.41) is 8.05. The van der Waals surface area contributed by atoms with Crippen LogP contribution < -0.4 is 0 Å². The molecule has 0 N–H and O–H groups in total. The first-order valence-electron chi connectivity index (χ1n) is 23.5. The van der Waals surface area contributed by atoms with E-state index in [2.05, 4.69) is 193 Å². The number of nitrogens with zero attached hydrogens (tertiary/aromatic N) is 5. The summed E-state index contributed by atoms with van der Waals surface area (Å²) < 4.78 is 8.75. The van der Waals surface area contributed by atoms with E-state index < -0.39 is 0 Å². The van der Waals surface area contributed by atoms with E-state index in [9.17, 15) is 0 Å². The first-order chi connectivity index (χ1) is 34.7. The van der Waals surface area contributed by atoms with Crippen molar-refractivity contribution in [3.8, 4) is 73.4 Å². The first kappa shape index (κ1) is 39.6. The second-order valence-corrected chi connectivity index (χ2v) is 17.8. The summed E-state index contributed by atoms with van der Waals surface area (Å²) in [7, 11) is 0. The molecule has 6 heteroatoms. The third kappa shape index (κ3) is 6.57. The predicted octanol–water partition coefficient (Wildman–Crippen LogP) is 16.6. The van der Waals surface area contributed by atoms with Crippen LogP contribution in [0.2, 0.25) is 0 Å². The molecule has 0 unspecified atom stereocenters. The number of rotatable bonds is 7. The molecule has 6 nitrogen and oxygen atoms in total. The maximum Gasteiger partial charge on any atom is 0.164 e. The quantitative estimate of drug-likeness (QED) is 0.149. The van der Waals surface area contributed by atoms with Gasteiger partial charge in [0.1, 0.15) is 11.2 Å². The number of para-hydroxylation sites is 4. The summed E-state index contributed by atoms with van der Waals surface area (Å²) in [5.74, 6) is 1.82. The SMILES string of the molecule is c1ccc(-c2nc(-c3ccc(-c4ccc5c(c4)nc(-c4ccccc4)c4cc6c(cc45)c4ccccc4n6-c4ccccc4)cc3)nc(-c3ccc(-c4cccc5c4oc4ccccc45)cc3)n2)cc1. The third-order valence-corrected chi connectivity index (χ3v) is 13.7. The zero-order chi connectivity index (χ0) is 46.1. The van der Waals surface area contributed by atoms with Gasteiger partial charge in [-0.3, -0.25) is 0 Å². The summed E-state index contributed by atoms with van der Waals surface area (Å²) in [5.41, 5.74) is 15.2. The van der Waals surface area contributed by atoms with Crippen LogP contribution in [0, 0.1) is 0 Å². The van der Waals surface area contributed by atoms with Crippen molar-refractivity contribution >= 4 is 65.4 Å². The Balaban J connectivity index is 0.853. The third-order valence-electron chi connectivity index (χ3n) is 13.7. The van der Waals surface area contributed by atoms with Gasteiger partial charge in [0.2, 0.25) is 0 Å². The Hall–Kier alpha value is -9.52. The van der Waals surface area contributed by atoms with Gasteiger partial charge in [0.05, 0.1) is 22.2 Å². The van der Waals surface area contributed by atoms with Crippen LogP contribution in [0.15, 0.2) is 241 Å². The van der Waals surface area contributed by atoms with Gasteiger partial charge in [0.25, 0.3) is 0 Å². The molecule has 0 amide bonds. The highest BCUT2D eigenvalue weighted by atomic mass is 16.3. The van der Waals surface area contributed by atoms with Gasteiger partial charge in [0, 0.05) is 65.8 Å². The topological polar surface area (TPSA) is 69.6 Å². The monoisotopic (exact) mass is 893 g/mol. The molecule has 0 aliphatic carbocycles. The Kier molecular flexibility index (Phi) is 9.10. The number of fused-ring (bicyclic) bond motifs is 9. The molecular formula is C64H39N5O. The molecule has 0 spiro atoms. The van der Waals surface area contributed by atoms with Crippen LogP contribution in [0.1, 0.15) is 0 Å². The Morgan fingerprint density at radius 3 is 1.57 bits per heavy atom. The average Bonchev–Trinajstić information content (AvgIpc) is 3.98. The Bertz CT molecular complexity index is 4320. The number of hydrogen-bond donors (Lipinski definition) is 0. The van der Waals surface area contributed by atoms with Crippen molar-refractivity contribution in [1.82, 2.24) is 24.5 Å². The number of furan rings is 1. The van der Waals surface area contributed by atoms with Gasteiger partial charge < -0.3 is 8.98 Å². The minimum absolute atomic E-state index is 0.602. The van der Waals surface area contributed by atoms with Crippen LogP contribution in [0.4, 0.5) is 0 Å². The lowest BCUT2D eigenvalue weighted by atomic mass is 9.96. The van der Waals surface area contributed by atoms with E-state index in [1.807, 2.05) is 48.5 Å². The molecule has 4 heterocycles. The van der Waals surface area contributed by atoms with Gasteiger partial charge in [-0.1, -0.05) is 194 Å². The second-order valence-electron chi connectivity index (χ2n) is 17.8. The van der Waals surface area contributed by atoms with Gasteiger partial charge in [-0.05, 0) is 64.5 Å². The molecular weight excluding hydrogens is 855 g/mol. The van der Waals surface area contributed by atoms with Gasteiger partial charge in [-0.25, -0.2) is 19.9 Å². The molecule has 0 saturated carbocycles. The second kappa shape index (κ2) is 16.1. The van der Waals surface area contributed by atoms with Gasteiger partial charge in [-0.2, -0.15) is 0 Å². The molecule has 0 aliphatic heterocycles. The van der Waals surface area contributed by atoms with Crippen molar-refractivity contribution in [1.29, 1.82) is 0 Å². The molecule has 14 aromatic rings. The minimum Gasteiger partial charge on any atom is -0.455 e. The Labute approximate surface area is 402 Å². The smallest absolute Gasteiger partial charge is 0.164 e. The fourth-order valence-corrected chi connectivity index (χ4v) is 10.3. The van der Waals surface area contributed by atoms with E-state index >= 15 is 0 Å². The number of aromatic nitrogens is 5. The fraction of sp³-hybridized carbons (Fsp3) is 0. The molecule has 0 aliphatic rings. The largest absolute Gasteiger partial charge is 0.455 e. The maximum absolute atomic E-state index is 6.37. The van der Waals surface area contributed by atoms with Crippen LogP contribution in [0.25, 0.3) is 139 Å². The molecule has 0 fully saturated rings. The predicted molar refractivity (Wildman–Crippen MR) is 287 cm³/mol. The zero-order valence-corrected chi connectivity index (χ0v) is 37.7. The molecule has 14 rings (SSSR count). The van der Waals surface area contributed by atoms with Crippen molar-refractivity contribution in [2.75, 3.05) is 0 Å². The lowest BCUT2D eigenvalue weighted by Gasteiger charge is -2.13. The van der Waals surface area contributed by atoms with E-state index in [0.717, 1.165) is 99.6 Å². The molecule has 0 saturated heterocycles. The molecule has 70 heavy (non-hydrogen) atoms. The van der Waals surface area contributed by atoms with E-state index in [1.165, 1.54) is 21.7 Å². The summed E-state index contributed by atoms with van der Waals surface area (Å²) in [6, 6.07) is 82.8. The molecule has 0 atom stereocenters. The number of benzene rings is 10. The minimum atomic E-state index is 0.602. The summed E-state index contributed by atoms with van der Waals surface area (Å²) in [6.07, 6.45) is 0.